The first kappa shape index (κ1) is 19.9. The molecule has 166 valence electrons. The second-order valence-corrected chi connectivity index (χ2v) is 9.98. The SMILES string of the molecule is CC(C)N1Cc2cc(Cl)ccc2-n2c(nnc2N2CC3(CN(c4ncccc4F)C3)C2)C1. The van der Waals surface area contributed by atoms with Crippen molar-refractivity contribution in [3.63, 3.8) is 0 Å². The van der Waals surface area contributed by atoms with Crippen LogP contribution < -0.4 is 9.80 Å². The topological polar surface area (TPSA) is 53.3 Å². The Labute approximate surface area is 191 Å². The molecule has 6 rings (SSSR count). The van der Waals surface area contributed by atoms with Crippen LogP contribution in [0, 0.1) is 11.2 Å². The Hall–Kier alpha value is -2.71. The Balaban J connectivity index is 1.26. The Morgan fingerprint density at radius 1 is 1.03 bits per heavy atom. The van der Waals surface area contributed by atoms with Crippen LogP contribution in [0.15, 0.2) is 36.5 Å². The van der Waals surface area contributed by atoms with Gasteiger partial charge >= 0.3 is 0 Å². The highest BCUT2D eigenvalue weighted by Gasteiger charge is 2.54. The molecule has 0 aliphatic carbocycles. The summed E-state index contributed by atoms with van der Waals surface area (Å²) in [6.45, 7) is 9.34. The predicted octanol–water partition coefficient (Wildman–Crippen LogP) is 3.51. The number of nitrogens with zero attached hydrogens (tertiary/aromatic N) is 7. The van der Waals surface area contributed by atoms with Crippen molar-refractivity contribution in [3.05, 3.63) is 58.8 Å². The standard InChI is InChI=1S/C23H25ClFN7/c1-15(2)29-9-16-8-17(24)5-6-19(16)32-20(10-29)27-28-22(32)31-13-23(14-31)11-30(12-23)21-18(25)4-3-7-26-21/h3-8,15H,9-14H2,1-2H3. The third-order valence-electron chi connectivity index (χ3n) is 6.87. The van der Waals surface area contributed by atoms with Crippen LogP contribution in [0.2, 0.25) is 5.02 Å². The maximum absolute atomic E-state index is 14.1. The van der Waals surface area contributed by atoms with E-state index in [0.29, 0.717) is 11.9 Å². The van der Waals surface area contributed by atoms with Gasteiger partial charge in [-0.15, -0.1) is 10.2 Å². The number of hydrogen-bond acceptors (Lipinski definition) is 6. The fourth-order valence-corrected chi connectivity index (χ4v) is 5.40. The summed E-state index contributed by atoms with van der Waals surface area (Å²) in [6, 6.07) is 9.53. The van der Waals surface area contributed by atoms with Crippen LogP contribution in [-0.2, 0) is 13.1 Å². The van der Waals surface area contributed by atoms with Gasteiger partial charge in [-0.2, -0.15) is 0 Å². The Bertz CT molecular complexity index is 1180. The number of halogens is 2. The third kappa shape index (κ3) is 3.08. The maximum atomic E-state index is 14.1. The lowest BCUT2D eigenvalue weighted by molar-refractivity contribution is 0.152. The normalized spacial score (nSPS) is 19.4. The Morgan fingerprint density at radius 3 is 2.56 bits per heavy atom. The molecule has 0 radical (unpaired) electrons. The number of benzene rings is 1. The van der Waals surface area contributed by atoms with E-state index in [0.717, 1.165) is 61.8 Å². The zero-order chi connectivity index (χ0) is 22.0. The van der Waals surface area contributed by atoms with E-state index in [-0.39, 0.29) is 11.2 Å². The number of hydrogen-bond donors (Lipinski definition) is 0. The van der Waals surface area contributed by atoms with Crippen molar-refractivity contribution < 1.29 is 4.39 Å². The predicted molar refractivity (Wildman–Crippen MR) is 122 cm³/mol. The van der Waals surface area contributed by atoms with E-state index >= 15 is 0 Å². The van der Waals surface area contributed by atoms with Gasteiger partial charge in [0.2, 0.25) is 5.95 Å². The molecule has 2 saturated heterocycles. The molecule has 32 heavy (non-hydrogen) atoms. The average molecular weight is 454 g/mol. The molecule has 2 aromatic heterocycles. The lowest BCUT2D eigenvalue weighted by atomic mass is 9.73. The van der Waals surface area contributed by atoms with Crippen LogP contribution in [0.1, 0.15) is 25.2 Å². The number of anilines is 2. The first-order valence-electron chi connectivity index (χ1n) is 11.0. The maximum Gasteiger partial charge on any atom is 0.231 e. The van der Waals surface area contributed by atoms with Gasteiger partial charge < -0.3 is 9.80 Å². The molecule has 3 aliphatic heterocycles. The van der Waals surface area contributed by atoms with E-state index < -0.39 is 0 Å². The minimum absolute atomic E-state index is 0.161. The number of aromatic nitrogens is 4. The largest absolute Gasteiger partial charge is 0.353 e. The van der Waals surface area contributed by atoms with Gasteiger partial charge in [0.25, 0.3) is 0 Å². The first-order chi connectivity index (χ1) is 15.4. The lowest BCUT2D eigenvalue weighted by Crippen LogP contribution is -2.73. The second kappa shape index (κ2) is 7.15. The quantitative estimate of drug-likeness (QED) is 0.605. The van der Waals surface area contributed by atoms with Gasteiger partial charge in [-0.1, -0.05) is 11.6 Å². The summed E-state index contributed by atoms with van der Waals surface area (Å²) in [7, 11) is 0. The van der Waals surface area contributed by atoms with Crippen LogP contribution in [0.25, 0.3) is 5.69 Å². The summed E-state index contributed by atoms with van der Waals surface area (Å²) in [5, 5.41) is 9.89. The van der Waals surface area contributed by atoms with Gasteiger partial charge in [-0.3, -0.25) is 9.47 Å². The summed E-state index contributed by atoms with van der Waals surface area (Å²) >= 11 is 6.33. The van der Waals surface area contributed by atoms with Crippen molar-refractivity contribution in [3.8, 4) is 5.69 Å². The van der Waals surface area contributed by atoms with Gasteiger partial charge in [0.15, 0.2) is 17.5 Å². The summed E-state index contributed by atoms with van der Waals surface area (Å²) in [4.78, 5) is 10.9. The number of fused-ring (bicyclic) bond motifs is 3. The van der Waals surface area contributed by atoms with Crippen LogP contribution >= 0.6 is 11.6 Å². The van der Waals surface area contributed by atoms with Gasteiger partial charge in [0.05, 0.1) is 12.2 Å². The molecule has 2 fully saturated rings. The highest BCUT2D eigenvalue weighted by Crippen LogP contribution is 2.44. The van der Waals surface area contributed by atoms with Crippen LogP contribution in [0.4, 0.5) is 16.2 Å². The first-order valence-corrected chi connectivity index (χ1v) is 11.4. The highest BCUT2D eigenvalue weighted by molar-refractivity contribution is 6.30. The summed E-state index contributed by atoms with van der Waals surface area (Å²) in [5.41, 5.74) is 2.44. The van der Waals surface area contributed by atoms with Crippen molar-refractivity contribution in [2.24, 2.45) is 5.41 Å². The molecule has 0 N–H and O–H groups in total. The second-order valence-electron chi connectivity index (χ2n) is 9.54. The van der Waals surface area contributed by atoms with Gasteiger partial charge in [-0.05, 0) is 49.7 Å². The smallest absolute Gasteiger partial charge is 0.231 e. The zero-order valence-corrected chi connectivity index (χ0v) is 18.9. The van der Waals surface area contributed by atoms with Crippen molar-refractivity contribution in [2.45, 2.75) is 33.0 Å². The van der Waals surface area contributed by atoms with Crippen LogP contribution in [0.5, 0.6) is 0 Å². The molecule has 0 atom stereocenters. The Morgan fingerprint density at radius 2 is 1.81 bits per heavy atom. The molecule has 0 saturated carbocycles. The molecule has 0 amide bonds. The highest BCUT2D eigenvalue weighted by atomic mass is 35.5. The summed E-state index contributed by atoms with van der Waals surface area (Å²) in [6.07, 6.45) is 1.64. The molecule has 9 heteroatoms. The monoisotopic (exact) mass is 453 g/mol. The molecule has 1 aromatic carbocycles. The van der Waals surface area contributed by atoms with E-state index in [1.807, 2.05) is 17.0 Å². The van der Waals surface area contributed by atoms with Gasteiger partial charge in [0, 0.05) is 55.4 Å². The lowest BCUT2D eigenvalue weighted by Gasteiger charge is -2.60. The molecule has 0 unspecified atom stereocenters. The molecule has 0 bridgehead atoms. The summed E-state index contributed by atoms with van der Waals surface area (Å²) in [5.74, 6) is 2.02. The van der Waals surface area contributed by atoms with Crippen LogP contribution in [-0.4, -0.2) is 56.9 Å². The van der Waals surface area contributed by atoms with Crippen LogP contribution in [0.3, 0.4) is 0 Å². The molecular weight excluding hydrogens is 429 g/mol. The van der Waals surface area contributed by atoms with Gasteiger partial charge in [0.1, 0.15) is 0 Å². The van der Waals surface area contributed by atoms with Gasteiger partial charge in [-0.25, -0.2) is 9.37 Å². The zero-order valence-electron chi connectivity index (χ0n) is 18.2. The average Bonchev–Trinajstić information content (AvgIpc) is 3.02. The molecular formula is C23H25ClFN7. The van der Waals surface area contributed by atoms with Crippen molar-refractivity contribution in [1.82, 2.24) is 24.6 Å². The fourth-order valence-electron chi connectivity index (χ4n) is 5.21. The molecule has 3 aromatic rings. The van der Waals surface area contributed by atoms with Crippen molar-refractivity contribution in [1.29, 1.82) is 0 Å². The van der Waals surface area contributed by atoms with Crippen molar-refractivity contribution in [2.75, 3.05) is 36.0 Å². The van der Waals surface area contributed by atoms with E-state index in [1.54, 1.807) is 12.3 Å². The summed E-state index contributed by atoms with van der Waals surface area (Å²) < 4.78 is 16.3. The molecule has 3 aliphatic rings. The van der Waals surface area contributed by atoms with E-state index in [9.17, 15) is 4.39 Å². The number of rotatable bonds is 3. The van der Waals surface area contributed by atoms with E-state index in [2.05, 4.69) is 49.5 Å². The minimum atomic E-state index is -0.258. The number of pyridine rings is 1. The third-order valence-corrected chi connectivity index (χ3v) is 7.11. The molecule has 1 spiro atoms. The Kier molecular flexibility index (Phi) is 4.45. The van der Waals surface area contributed by atoms with Crippen molar-refractivity contribution >= 4 is 23.4 Å². The molecule has 7 nitrogen and oxygen atoms in total. The minimum Gasteiger partial charge on any atom is -0.353 e. The van der Waals surface area contributed by atoms with E-state index in [1.165, 1.54) is 11.6 Å². The fraction of sp³-hybridized carbons (Fsp3) is 0.435. The van der Waals surface area contributed by atoms with E-state index in [4.69, 9.17) is 11.6 Å². The molecule has 5 heterocycles.